The zero-order chi connectivity index (χ0) is 26.0. The van der Waals surface area contributed by atoms with E-state index in [4.69, 9.17) is 9.57 Å². The largest absolute Gasteiger partial charge is 0.382 e. The topological polar surface area (TPSA) is 61.5 Å². The maximum Gasteiger partial charge on any atom is 0.309 e. The van der Waals surface area contributed by atoms with E-state index in [-0.39, 0.29) is 18.2 Å². The van der Waals surface area contributed by atoms with Gasteiger partial charge in [-0.15, -0.1) is 4.73 Å². The summed E-state index contributed by atoms with van der Waals surface area (Å²) in [5.74, 6) is -0.257. The number of ether oxygens (including phenoxy) is 1. The third-order valence-corrected chi connectivity index (χ3v) is 7.82. The first-order valence-electron chi connectivity index (χ1n) is 12.2. The van der Waals surface area contributed by atoms with Gasteiger partial charge in [0.2, 0.25) is 6.79 Å². The van der Waals surface area contributed by atoms with Crippen molar-refractivity contribution in [2.45, 2.75) is 45.7 Å². The Morgan fingerprint density at radius 1 is 1.14 bits per heavy atom. The number of benzene rings is 1. The van der Waals surface area contributed by atoms with Gasteiger partial charge in [-0.05, 0) is 56.4 Å². The van der Waals surface area contributed by atoms with Crippen LogP contribution in [-0.4, -0.2) is 54.8 Å². The van der Waals surface area contributed by atoms with Gasteiger partial charge in [-0.3, -0.25) is 4.79 Å². The number of nitrogens with zero attached hydrogens (tertiary/aromatic N) is 4. The molecule has 0 unspecified atom stereocenters. The van der Waals surface area contributed by atoms with E-state index in [1.807, 2.05) is 27.1 Å². The van der Waals surface area contributed by atoms with Crippen LogP contribution in [0.1, 0.15) is 16.8 Å². The smallest absolute Gasteiger partial charge is 0.309 e. The van der Waals surface area contributed by atoms with E-state index in [1.165, 1.54) is 16.9 Å². The molecule has 9 heteroatoms. The molecule has 0 N–H and O–H groups in total. The Bertz CT molecular complexity index is 1420. The predicted molar refractivity (Wildman–Crippen MR) is 145 cm³/mol. The Kier molecular flexibility index (Phi) is 7.63. The number of hydrogen-bond acceptors (Lipinski definition) is 5. The number of aryl methyl sites for hydroxylation is 1. The molecular weight excluding hydrogens is 475 g/mol. The van der Waals surface area contributed by atoms with Gasteiger partial charge in [0.05, 0.1) is 17.4 Å². The molecule has 0 aliphatic rings. The quantitative estimate of drug-likeness (QED) is 0.177. The monoisotopic (exact) mass is 510 g/mol. The van der Waals surface area contributed by atoms with Crippen molar-refractivity contribution in [3.05, 3.63) is 75.7 Å². The first kappa shape index (κ1) is 26.1. The van der Waals surface area contributed by atoms with Gasteiger partial charge in [-0.1, -0.05) is 31.8 Å². The molecule has 4 aromatic rings. The number of halogens is 1. The van der Waals surface area contributed by atoms with Gasteiger partial charge in [0, 0.05) is 44.7 Å². The van der Waals surface area contributed by atoms with Crippen LogP contribution in [0, 0.1) is 12.7 Å². The van der Waals surface area contributed by atoms with E-state index >= 15 is 0 Å². The van der Waals surface area contributed by atoms with Crippen LogP contribution in [-0.2, 0) is 17.8 Å². The van der Waals surface area contributed by atoms with Gasteiger partial charge in [0.25, 0.3) is 0 Å². The van der Waals surface area contributed by atoms with Gasteiger partial charge < -0.3 is 19.0 Å². The lowest BCUT2D eigenvalue weighted by molar-refractivity contribution is -0.0605. The summed E-state index contributed by atoms with van der Waals surface area (Å²) >= 11 is 0. The third kappa shape index (κ3) is 5.85. The lowest BCUT2D eigenvalue weighted by atomic mass is 10.1. The summed E-state index contributed by atoms with van der Waals surface area (Å²) in [6.45, 7) is 10.6. The standard InChI is InChI=1S/C27H35FN4O3Si/c1-19-13-23-25-21(16-30(2)3)17-31(15-20-7-9-22(28)10-8-20)24(25)14-29-26(23)27(33)32(19)35-18-34-11-12-36(4,5)6/h7-10,13-14,17H,11-12,15-16,18H2,1-6H3. The van der Waals surface area contributed by atoms with Crippen molar-refractivity contribution < 1.29 is 14.0 Å². The van der Waals surface area contributed by atoms with E-state index in [9.17, 15) is 9.18 Å². The van der Waals surface area contributed by atoms with Crippen molar-refractivity contribution in [1.29, 1.82) is 0 Å². The van der Waals surface area contributed by atoms with Crippen molar-refractivity contribution in [2.24, 2.45) is 0 Å². The van der Waals surface area contributed by atoms with Gasteiger partial charge in [-0.2, -0.15) is 0 Å². The molecular formula is C27H35FN4O3Si. The van der Waals surface area contributed by atoms with Crippen molar-refractivity contribution in [1.82, 2.24) is 19.2 Å². The highest BCUT2D eigenvalue weighted by Crippen LogP contribution is 2.29. The average molecular weight is 511 g/mol. The van der Waals surface area contributed by atoms with Crippen LogP contribution in [0.3, 0.4) is 0 Å². The molecule has 3 heterocycles. The number of fused-ring (bicyclic) bond motifs is 3. The van der Waals surface area contributed by atoms with Crippen LogP contribution in [0.25, 0.3) is 21.8 Å². The molecule has 1 aromatic carbocycles. The number of hydrogen-bond donors (Lipinski definition) is 0. The lowest BCUT2D eigenvalue weighted by Crippen LogP contribution is -2.31. The maximum absolute atomic E-state index is 13.4. The molecule has 3 aromatic heterocycles. The number of rotatable bonds is 10. The molecule has 0 radical (unpaired) electrons. The minimum absolute atomic E-state index is 0.0128. The molecule has 0 fully saturated rings. The van der Waals surface area contributed by atoms with Crippen LogP contribution in [0.2, 0.25) is 25.7 Å². The van der Waals surface area contributed by atoms with Gasteiger partial charge in [-0.25, -0.2) is 9.37 Å². The van der Waals surface area contributed by atoms with Crippen LogP contribution < -0.4 is 10.4 Å². The van der Waals surface area contributed by atoms with E-state index < -0.39 is 8.07 Å². The highest BCUT2D eigenvalue weighted by atomic mass is 28.3. The Balaban J connectivity index is 1.71. The molecule has 0 spiro atoms. The highest BCUT2D eigenvalue weighted by molar-refractivity contribution is 6.76. The van der Waals surface area contributed by atoms with Crippen molar-refractivity contribution in [3.63, 3.8) is 0 Å². The Hall–Kier alpha value is -3.01. The zero-order valence-electron chi connectivity index (χ0n) is 22.0. The van der Waals surface area contributed by atoms with E-state index in [0.717, 1.165) is 33.5 Å². The molecule has 36 heavy (non-hydrogen) atoms. The summed E-state index contributed by atoms with van der Waals surface area (Å²) in [5.41, 5.74) is 3.74. The highest BCUT2D eigenvalue weighted by Gasteiger charge is 2.18. The van der Waals surface area contributed by atoms with E-state index in [0.29, 0.717) is 30.9 Å². The second-order valence-corrected chi connectivity index (χ2v) is 16.4. The summed E-state index contributed by atoms with van der Waals surface area (Å²) in [4.78, 5) is 25.7. The van der Waals surface area contributed by atoms with E-state index in [1.54, 1.807) is 18.3 Å². The summed E-state index contributed by atoms with van der Waals surface area (Å²) in [7, 11) is 2.83. The molecule has 7 nitrogen and oxygen atoms in total. The van der Waals surface area contributed by atoms with Crippen molar-refractivity contribution >= 4 is 29.9 Å². The van der Waals surface area contributed by atoms with Gasteiger partial charge in [0.15, 0.2) is 0 Å². The molecule has 192 valence electrons. The molecule has 0 atom stereocenters. The fraction of sp³-hybridized carbons (Fsp3) is 0.407. The normalized spacial score (nSPS) is 12.2. The maximum atomic E-state index is 13.4. The Morgan fingerprint density at radius 3 is 2.53 bits per heavy atom. The minimum atomic E-state index is -1.19. The molecule has 0 saturated heterocycles. The average Bonchev–Trinajstić information content (AvgIpc) is 3.13. The fourth-order valence-electron chi connectivity index (χ4n) is 4.29. The molecule has 0 saturated carbocycles. The third-order valence-electron chi connectivity index (χ3n) is 6.11. The Labute approximate surface area is 212 Å². The van der Waals surface area contributed by atoms with Crippen LogP contribution in [0.5, 0.6) is 0 Å². The SMILES string of the molecule is Cc1cc2c(ncc3c2c(CN(C)C)cn3Cc2ccc(F)cc2)c(=O)n1OCOCC[Si](C)(C)C. The lowest BCUT2D eigenvalue weighted by Gasteiger charge is -2.17. The molecule has 0 amide bonds. The minimum Gasteiger partial charge on any atom is -0.382 e. The number of aromatic nitrogens is 3. The predicted octanol–water partition coefficient (Wildman–Crippen LogP) is 4.65. The fourth-order valence-corrected chi connectivity index (χ4v) is 5.05. The summed E-state index contributed by atoms with van der Waals surface area (Å²) in [5, 5.41) is 1.79. The molecule has 0 aliphatic heterocycles. The summed E-state index contributed by atoms with van der Waals surface area (Å²) in [6.07, 6.45) is 3.84. The second-order valence-electron chi connectivity index (χ2n) is 10.8. The van der Waals surface area contributed by atoms with Crippen LogP contribution in [0.15, 0.2) is 47.5 Å². The van der Waals surface area contributed by atoms with Gasteiger partial charge >= 0.3 is 5.56 Å². The number of pyridine rings is 2. The first-order valence-corrected chi connectivity index (χ1v) is 15.9. The summed E-state index contributed by atoms with van der Waals surface area (Å²) < 4.78 is 22.4. The molecule has 4 rings (SSSR count). The van der Waals surface area contributed by atoms with Crippen LogP contribution >= 0.6 is 0 Å². The first-order chi connectivity index (χ1) is 17.0. The van der Waals surface area contributed by atoms with Gasteiger partial charge in [0.1, 0.15) is 11.3 Å². The summed E-state index contributed by atoms with van der Waals surface area (Å²) in [6, 6.07) is 9.49. The van der Waals surface area contributed by atoms with Crippen LogP contribution in [0.4, 0.5) is 4.39 Å². The Morgan fingerprint density at radius 2 is 1.86 bits per heavy atom. The van der Waals surface area contributed by atoms with Crippen molar-refractivity contribution in [3.8, 4) is 0 Å². The second kappa shape index (κ2) is 10.5. The zero-order valence-corrected chi connectivity index (χ0v) is 23.0. The van der Waals surface area contributed by atoms with E-state index in [2.05, 4.69) is 40.3 Å². The van der Waals surface area contributed by atoms with Crippen molar-refractivity contribution in [2.75, 3.05) is 27.5 Å². The molecule has 0 aliphatic carbocycles. The molecule has 0 bridgehead atoms.